The van der Waals surface area contributed by atoms with Gasteiger partial charge in [0.2, 0.25) is 5.91 Å². The zero-order valence-electron chi connectivity index (χ0n) is 49.6. The Labute approximate surface area is 461 Å². The first-order valence-corrected chi connectivity index (χ1v) is 32.9. The highest BCUT2D eigenvalue weighted by Crippen LogP contribution is 2.17. The van der Waals surface area contributed by atoms with Crippen LogP contribution in [0.1, 0.15) is 348 Å². The first-order chi connectivity index (χ1) is 36.5. The number of ether oxygens (including phenoxy) is 1. The van der Waals surface area contributed by atoms with Gasteiger partial charge in [-0.2, -0.15) is 0 Å². The van der Waals surface area contributed by atoms with E-state index in [0.29, 0.717) is 19.4 Å². The van der Waals surface area contributed by atoms with Crippen LogP contribution in [0.3, 0.4) is 0 Å². The fourth-order valence-electron chi connectivity index (χ4n) is 10.0. The highest BCUT2D eigenvalue weighted by Gasteiger charge is 2.18. The summed E-state index contributed by atoms with van der Waals surface area (Å²) in [5.74, 6) is -0.101. The molecule has 0 aromatic rings. The second-order valence-corrected chi connectivity index (χ2v) is 22.4. The summed E-state index contributed by atoms with van der Waals surface area (Å²) in [6.45, 7) is 4.87. The molecule has 6 nitrogen and oxygen atoms in total. The van der Waals surface area contributed by atoms with Gasteiger partial charge >= 0.3 is 5.97 Å². The van der Waals surface area contributed by atoms with E-state index >= 15 is 0 Å². The van der Waals surface area contributed by atoms with Gasteiger partial charge in [-0.25, -0.2) is 0 Å². The van der Waals surface area contributed by atoms with E-state index in [1.165, 1.54) is 238 Å². The number of nitrogens with one attached hydrogen (secondary N) is 1. The van der Waals surface area contributed by atoms with E-state index in [1.54, 1.807) is 6.08 Å². The predicted molar refractivity (Wildman–Crippen MR) is 324 cm³/mol. The molecule has 0 bridgehead atoms. The van der Waals surface area contributed by atoms with Crippen LogP contribution in [0.2, 0.25) is 0 Å². The number of aliphatic hydroxyl groups excluding tert-OH is 2. The molecule has 0 fully saturated rings. The molecule has 0 saturated heterocycles. The highest BCUT2D eigenvalue weighted by atomic mass is 16.5. The second-order valence-electron chi connectivity index (χ2n) is 22.4. The van der Waals surface area contributed by atoms with Crippen molar-refractivity contribution >= 4 is 11.9 Å². The van der Waals surface area contributed by atoms with Crippen LogP contribution in [0.25, 0.3) is 0 Å². The number of esters is 1. The van der Waals surface area contributed by atoms with Gasteiger partial charge in [-0.1, -0.05) is 287 Å². The molecule has 0 aliphatic heterocycles. The molecule has 3 N–H and O–H groups in total. The lowest BCUT2D eigenvalue weighted by Crippen LogP contribution is -2.45. The Kier molecular flexibility index (Phi) is 61.5. The summed E-state index contributed by atoms with van der Waals surface area (Å²) in [6, 6.07) is -0.642. The van der Waals surface area contributed by atoms with Crippen LogP contribution in [0, 0.1) is 0 Å². The van der Waals surface area contributed by atoms with E-state index in [9.17, 15) is 19.8 Å². The molecule has 2 atom stereocenters. The molecule has 0 heterocycles. The van der Waals surface area contributed by atoms with Crippen LogP contribution < -0.4 is 5.32 Å². The zero-order chi connectivity index (χ0) is 53.6. The Balaban J connectivity index is 3.52. The van der Waals surface area contributed by atoms with Gasteiger partial charge in [-0.05, 0) is 96.3 Å². The first kappa shape index (κ1) is 71.8. The Morgan fingerprint density at radius 2 is 0.676 bits per heavy atom. The van der Waals surface area contributed by atoms with E-state index in [0.717, 1.165) is 83.5 Å². The van der Waals surface area contributed by atoms with Gasteiger partial charge < -0.3 is 20.3 Å². The van der Waals surface area contributed by atoms with Gasteiger partial charge in [0.1, 0.15) is 0 Å². The molecular formula is C68H127NO5. The molecule has 0 aliphatic rings. The maximum atomic E-state index is 12.5. The van der Waals surface area contributed by atoms with Crippen molar-refractivity contribution in [3.8, 4) is 0 Å². The van der Waals surface area contributed by atoms with Crippen molar-refractivity contribution in [1.82, 2.24) is 5.32 Å². The minimum absolute atomic E-state index is 0.0195. The van der Waals surface area contributed by atoms with E-state index in [4.69, 9.17) is 4.74 Å². The monoisotopic (exact) mass is 1040 g/mol. The van der Waals surface area contributed by atoms with Gasteiger partial charge in [-0.15, -0.1) is 0 Å². The van der Waals surface area contributed by atoms with Crippen molar-refractivity contribution in [2.45, 2.75) is 360 Å². The topological polar surface area (TPSA) is 95.9 Å². The third-order valence-corrected chi connectivity index (χ3v) is 15.1. The Morgan fingerprint density at radius 1 is 0.378 bits per heavy atom. The maximum Gasteiger partial charge on any atom is 0.305 e. The number of hydrogen-bond donors (Lipinski definition) is 3. The number of unbranched alkanes of at least 4 members (excludes halogenated alkanes) is 44. The molecule has 0 aromatic heterocycles. The summed E-state index contributed by atoms with van der Waals surface area (Å²) in [5, 5.41) is 23.2. The van der Waals surface area contributed by atoms with Gasteiger partial charge in [-0.3, -0.25) is 9.59 Å². The van der Waals surface area contributed by atoms with Crippen molar-refractivity contribution in [3.05, 3.63) is 48.6 Å². The smallest absolute Gasteiger partial charge is 0.305 e. The van der Waals surface area contributed by atoms with Crippen molar-refractivity contribution in [3.63, 3.8) is 0 Å². The summed E-state index contributed by atoms with van der Waals surface area (Å²) in [4.78, 5) is 24.6. The Morgan fingerprint density at radius 3 is 1.04 bits per heavy atom. The predicted octanol–water partition coefficient (Wildman–Crippen LogP) is 20.9. The molecule has 0 aromatic carbocycles. The van der Waals surface area contributed by atoms with Gasteiger partial charge in [0.15, 0.2) is 0 Å². The van der Waals surface area contributed by atoms with E-state index in [1.807, 2.05) is 6.08 Å². The second kappa shape index (κ2) is 63.4. The van der Waals surface area contributed by atoms with Gasteiger partial charge in [0.05, 0.1) is 25.4 Å². The normalized spacial score (nSPS) is 12.9. The van der Waals surface area contributed by atoms with Gasteiger partial charge in [0.25, 0.3) is 0 Å². The first-order valence-electron chi connectivity index (χ1n) is 32.9. The average molecular weight is 1040 g/mol. The molecule has 0 spiro atoms. The number of aliphatic hydroxyl groups is 2. The summed E-state index contributed by atoms with van der Waals surface area (Å²) in [5.41, 5.74) is 0. The van der Waals surface area contributed by atoms with Crippen molar-refractivity contribution in [2.24, 2.45) is 0 Å². The van der Waals surface area contributed by atoms with Crippen LogP contribution in [0.4, 0.5) is 0 Å². The van der Waals surface area contributed by atoms with Crippen molar-refractivity contribution < 1.29 is 24.5 Å². The minimum atomic E-state index is -0.858. The largest absolute Gasteiger partial charge is 0.466 e. The SMILES string of the molecule is CCCCCCCC/C=C\CCCCCCCCCC(=O)OCCCCC/C=C\C/C=C\CCCCCCCCCC(=O)NC(CO)C(O)/C=C/CCCCCCCCCCCCCCCCCCCCCCC. The van der Waals surface area contributed by atoms with Crippen molar-refractivity contribution in [1.29, 1.82) is 0 Å². The fraction of sp³-hybridized carbons (Fsp3) is 0.853. The quantitative estimate of drug-likeness (QED) is 0.0320. The average Bonchev–Trinajstić information content (AvgIpc) is 3.40. The molecule has 2 unspecified atom stereocenters. The molecular weight excluding hydrogens is 911 g/mol. The molecule has 0 rings (SSSR count). The summed E-state index contributed by atoms with van der Waals surface area (Å²) in [6.07, 6.45) is 81.6. The van der Waals surface area contributed by atoms with Crippen LogP contribution in [0.5, 0.6) is 0 Å². The van der Waals surface area contributed by atoms with Crippen molar-refractivity contribution in [2.75, 3.05) is 13.2 Å². The summed E-state index contributed by atoms with van der Waals surface area (Å²) >= 11 is 0. The summed E-state index contributed by atoms with van der Waals surface area (Å²) in [7, 11) is 0. The number of hydrogen-bond acceptors (Lipinski definition) is 5. The number of carbonyl (C=O) groups is 2. The number of rotatable bonds is 61. The third-order valence-electron chi connectivity index (χ3n) is 15.1. The number of carbonyl (C=O) groups excluding carboxylic acids is 2. The molecule has 0 saturated carbocycles. The van der Waals surface area contributed by atoms with E-state index in [2.05, 4.69) is 55.6 Å². The Hall–Kier alpha value is -2.18. The molecule has 74 heavy (non-hydrogen) atoms. The molecule has 434 valence electrons. The zero-order valence-corrected chi connectivity index (χ0v) is 49.6. The van der Waals surface area contributed by atoms with Crippen LogP contribution in [-0.2, 0) is 14.3 Å². The van der Waals surface area contributed by atoms with E-state index < -0.39 is 12.1 Å². The molecule has 0 radical (unpaired) electrons. The highest BCUT2D eigenvalue weighted by molar-refractivity contribution is 5.76. The lowest BCUT2D eigenvalue weighted by atomic mass is 10.0. The van der Waals surface area contributed by atoms with Crippen LogP contribution in [0.15, 0.2) is 48.6 Å². The lowest BCUT2D eigenvalue weighted by molar-refractivity contribution is -0.143. The van der Waals surface area contributed by atoms with E-state index in [-0.39, 0.29) is 18.5 Å². The van der Waals surface area contributed by atoms with Crippen LogP contribution >= 0.6 is 0 Å². The molecule has 0 aliphatic carbocycles. The molecule has 1 amide bonds. The van der Waals surface area contributed by atoms with Gasteiger partial charge in [0, 0.05) is 12.8 Å². The maximum absolute atomic E-state index is 12.5. The number of allylic oxidation sites excluding steroid dienone is 7. The fourth-order valence-corrected chi connectivity index (χ4v) is 10.0. The summed E-state index contributed by atoms with van der Waals surface area (Å²) < 4.78 is 5.47. The minimum Gasteiger partial charge on any atom is -0.466 e. The third kappa shape index (κ3) is 59.1. The van der Waals surface area contributed by atoms with Crippen LogP contribution in [-0.4, -0.2) is 47.4 Å². The molecule has 6 heteroatoms. The lowest BCUT2D eigenvalue weighted by Gasteiger charge is -2.20. The Bertz CT molecular complexity index is 1240. The number of amides is 1. The standard InChI is InChI=1S/C68H127NO5/c1-3-5-7-9-11-13-15-17-19-21-22-23-24-25-26-29-32-36-40-44-48-52-56-60-66(71)65(64-70)69-67(72)61-57-53-49-45-41-37-33-30-27-31-35-39-43-47-51-55-59-63-74-68(73)62-58-54-50-46-42-38-34-28-20-18-16-14-12-10-8-6-4-2/h18,20,27,31,39,43,56,60,65-66,70-71H,3-17,19,21-26,28-30,32-38,40-42,44-55,57-59,61-64H2,1-2H3,(H,69,72)/b20-18-,31-27-,43-39-,60-56+.